The molecule has 0 fully saturated rings. The molecule has 1 aliphatic heterocycles. The summed E-state index contributed by atoms with van der Waals surface area (Å²) in [6.07, 6.45) is -0.166. The monoisotopic (exact) mass is 460 g/mol. The van der Waals surface area contributed by atoms with E-state index < -0.39 is 11.9 Å². The second kappa shape index (κ2) is 6.13. The van der Waals surface area contributed by atoms with E-state index >= 15 is 0 Å². The van der Waals surface area contributed by atoms with Gasteiger partial charge in [0.25, 0.3) is 5.91 Å². The van der Waals surface area contributed by atoms with Crippen LogP contribution in [0.1, 0.15) is 11.3 Å². The minimum atomic E-state index is -0.987. The Morgan fingerprint density at radius 3 is 2.87 bits per heavy atom. The van der Waals surface area contributed by atoms with Gasteiger partial charge in [-0.15, -0.1) is 11.3 Å². The van der Waals surface area contributed by atoms with Gasteiger partial charge in [-0.25, -0.2) is 4.99 Å². The fourth-order valence-corrected chi connectivity index (χ4v) is 4.15. The highest BCUT2D eigenvalue weighted by molar-refractivity contribution is 14.1. The van der Waals surface area contributed by atoms with Gasteiger partial charge in [0.2, 0.25) is 5.88 Å². The number of amides is 1. The quantitative estimate of drug-likeness (QED) is 0.532. The van der Waals surface area contributed by atoms with Crippen molar-refractivity contribution < 1.29 is 19.8 Å². The van der Waals surface area contributed by atoms with Gasteiger partial charge < -0.3 is 10.2 Å². The van der Waals surface area contributed by atoms with Crippen LogP contribution in [0.4, 0.5) is 0 Å². The Labute approximate surface area is 152 Å². The molecule has 2 aromatic rings. The van der Waals surface area contributed by atoms with Gasteiger partial charge in [0, 0.05) is 15.3 Å². The Bertz CT molecular complexity index is 1020. The van der Waals surface area contributed by atoms with Crippen LogP contribution in [0.3, 0.4) is 0 Å². The minimum absolute atomic E-state index is 0.0499. The number of hydrogen-bond donors (Lipinski definition) is 2. The lowest BCUT2D eigenvalue weighted by molar-refractivity contribution is -0.137. The summed E-state index contributed by atoms with van der Waals surface area (Å²) in [6, 6.07) is 5.42. The number of hydrogen-bond acceptors (Lipinski definition) is 5. The van der Waals surface area contributed by atoms with Gasteiger partial charge in [0.15, 0.2) is 3.95 Å². The van der Waals surface area contributed by atoms with Crippen LogP contribution in [0, 0.1) is 7.52 Å². The van der Waals surface area contributed by atoms with Gasteiger partial charge in [0.1, 0.15) is 4.88 Å². The molecule has 0 aliphatic carbocycles. The molecule has 118 valence electrons. The topological polar surface area (TPSA) is 91.9 Å². The molecule has 1 amide bonds. The maximum atomic E-state index is 12.2. The lowest BCUT2D eigenvalue weighted by Crippen LogP contribution is -2.23. The Kier molecular flexibility index (Phi) is 4.34. The van der Waals surface area contributed by atoms with E-state index in [1.165, 1.54) is 4.57 Å². The van der Waals surface area contributed by atoms with E-state index in [0.29, 0.717) is 25.0 Å². The molecule has 1 aliphatic rings. The number of halogens is 1. The zero-order valence-corrected chi connectivity index (χ0v) is 15.2. The van der Waals surface area contributed by atoms with Crippen molar-refractivity contribution >= 4 is 63.6 Å². The molecule has 0 saturated heterocycles. The van der Waals surface area contributed by atoms with E-state index in [1.807, 2.05) is 12.1 Å². The van der Waals surface area contributed by atoms with Crippen molar-refractivity contribution in [3.63, 3.8) is 0 Å². The first-order chi connectivity index (χ1) is 10.9. The number of aliphatic carboxylic acids is 1. The highest BCUT2D eigenvalue weighted by Crippen LogP contribution is 2.32. The van der Waals surface area contributed by atoms with Gasteiger partial charge >= 0.3 is 5.97 Å². The standard InChI is InChI=1S/C14H9IN2O4S2/c15-6-1-2-8-7(5-6)10(12(20)16-8)11-13(21)17(14(22)23-11)4-3-9(18)19/h1-2,5,21H,3-4H2,(H,18,19). The number of aromatic hydroxyl groups is 1. The Balaban J connectivity index is 2.20. The zero-order valence-electron chi connectivity index (χ0n) is 11.4. The molecular formula is C14H9IN2O4S2. The zero-order chi connectivity index (χ0) is 16.7. The molecular weight excluding hydrogens is 451 g/mol. The van der Waals surface area contributed by atoms with Gasteiger partial charge in [0.05, 0.1) is 17.4 Å². The van der Waals surface area contributed by atoms with Crippen molar-refractivity contribution in [1.82, 2.24) is 4.57 Å². The van der Waals surface area contributed by atoms with Crippen LogP contribution in [-0.2, 0) is 16.1 Å². The van der Waals surface area contributed by atoms with E-state index in [4.69, 9.17) is 17.3 Å². The van der Waals surface area contributed by atoms with Gasteiger partial charge in [-0.2, -0.15) is 0 Å². The fraction of sp³-hybridized carbons (Fsp3) is 0.143. The molecule has 1 aromatic carbocycles. The molecule has 0 bridgehead atoms. The molecule has 0 saturated carbocycles. The Morgan fingerprint density at radius 2 is 2.17 bits per heavy atom. The number of thiazole rings is 1. The largest absolute Gasteiger partial charge is 0.493 e. The number of fused-ring (bicyclic) bond motifs is 1. The van der Waals surface area contributed by atoms with Crippen LogP contribution in [0.15, 0.2) is 23.2 Å². The predicted octanol–water partition coefficient (Wildman–Crippen LogP) is 1.42. The lowest BCUT2D eigenvalue weighted by Gasteiger charge is -2.03. The molecule has 0 unspecified atom stereocenters. The summed E-state index contributed by atoms with van der Waals surface area (Å²) >= 11 is 8.39. The summed E-state index contributed by atoms with van der Waals surface area (Å²) in [5, 5.41) is 20.4. The molecule has 1 aromatic heterocycles. The van der Waals surface area contributed by atoms with Crippen LogP contribution in [0.25, 0.3) is 5.57 Å². The van der Waals surface area contributed by atoms with E-state index in [9.17, 15) is 14.7 Å². The molecule has 23 heavy (non-hydrogen) atoms. The van der Waals surface area contributed by atoms with Crippen molar-refractivity contribution in [2.75, 3.05) is 0 Å². The third kappa shape index (κ3) is 2.95. The van der Waals surface area contributed by atoms with Crippen molar-refractivity contribution in [3.05, 3.63) is 41.2 Å². The maximum Gasteiger partial charge on any atom is 0.305 e. The molecule has 2 heterocycles. The molecule has 2 N–H and O–H groups in total. The average molecular weight is 460 g/mol. The van der Waals surface area contributed by atoms with Crippen LogP contribution in [0.5, 0.6) is 5.88 Å². The molecule has 0 spiro atoms. The first-order valence-corrected chi connectivity index (χ1v) is 8.76. The lowest BCUT2D eigenvalue weighted by atomic mass is 10.1. The van der Waals surface area contributed by atoms with E-state index in [-0.39, 0.29) is 18.8 Å². The number of carbonyl (C=O) groups is 2. The first-order valence-electron chi connectivity index (χ1n) is 6.46. The second-order valence-corrected chi connectivity index (χ2v) is 7.66. The number of benzene rings is 1. The molecule has 9 heteroatoms. The minimum Gasteiger partial charge on any atom is -0.493 e. The Morgan fingerprint density at radius 1 is 1.43 bits per heavy atom. The summed E-state index contributed by atoms with van der Waals surface area (Å²) in [5.74, 6) is -1.61. The molecule has 6 nitrogen and oxygen atoms in total. The van der Waals surface area contributed by atoms with Crippen molar-refractivity contribution in [2.45, 2.75) is 13.0 Å². The van der Waals surface area contributed by atoms with Crippen LogP contribution in [0.2, 0.25) is 0 Å². The van der Waals surface area contributed by atoms with Crippen LogP contribution in [-0.4, -0.2) is 26.7 Å². The molecule has 0 radical (unpaired) electrons. The highest BCUT2D eigenvalue weighted by atomic mass is 127. The van der Waals surface area contributed by atoms with E-state index in [1.54, 1.807) is 6.07 Å². The fourth-order valence-electron chi connectivity index (χ4n) is 2.27. The predicted molar refractivity (Wildman–Crippen MR) is 94.5 cm³/mol. The third-order valence-electron chi connectivity index (χ3n) is 3.31. The van der Waals surface area contributed by atoms with Crippen molar-refractivity contribution in [2.24, 2.45) is 4.99 Å². The van der Waals surface area contributed by atoms with Gasteiger partial charge in [-0.3, -0.25) is 14.2 Å². The number of rotatable bonds is 4. The van der Waals surface area contributed by atoms with E-state index in [0.717, 1.165) is 14.9 Å². The average Bonchev–Trinajstić information content (AvgIpc) is 2.93. The normalized spacial score (nSPS) is 13.1. The summed E-state index contributed by atoms with van der Waals surface area (Å²) < 4.78 is 2.59. The molecule has 0 atom stereocenters. The van der Waals surface area contributed by atoms with Crippen molar-refractivity contribution in [1.29, 1.82) is 0 Å². The smallest absolute Gasteiger partial charge is 0.305 e. The number of aromatic nitrogens is 1. The third-order valence-corrected chi connectivity index (χ3v) is 5.44. The van der Waals surface area contributed by atoms with Crippen molar-refractivity contribution in [3.8, 4) is 5.88 Å². The summed E-state index contributed by atoms with van der Waals surface area (Å²) in [5.41, 5.74) is 0.307. The second-order valence-electron chi connectivity index (χ2n) is 4.77. The number of carboxylic acid groups (broad SMARTS) is 1. The van der Waals surface area contributed by atoms with Crippen LogP contribution >= 0.6 is 46.1 Å². The van der Waals surface area contributed by atoms with E-state index in [2.05, 4.69) is 27.6 Å². The first kappa shape index (κ1) is 16.3. The van der Waals surface area contributed by atoms with Gasteiger partial charge in [-0.05, 0) is 53.0 Å². The number of nitrogens with zero attached hydrogens (tertiary/aromatic N) is 2. The number of carboxylic acids is 1. The SMILES string of the molecule is O=C(O)CCn1c(O)c(C2=c3cc(I)ccc3=NC2=O)sc1=S. The molecule has 3 rings (SSSR count). The van der Waals surface area contributed by atoms with Gasteiger partial charge in [-0.1, -0.05) is 0 Å². The summed E-state index contributed by atoms with van der Waals surface area (Å²) in [6.45, 7) is 0.0499. The number of carbonyl (C=O) groups excluding carboxylic acids is 1. The highest BCUT2D eigenvalue weighted by Gasteiger charge is 2.25. The summed E-state index contributed by atoms with van der Waals surface area (Å²) in [7, 11) is 0. The van der Waals surface area contributed by atoms with Crippen LogP contribution < -0.4 is 10.6 Å². The summed E-state index contributed by atoms with van der Waals surface area (Å²) in [4.78, 5) is 27.3. The maximum absolute atomic E-state index is 12.2. The Hall–Kier alpha value is -1.59.